The highest BCUT2D eigenvalue weighted by Crippen LogP contribution is 2.12. The van der Waals surface area contributed by atoms with Crippen molar-refractivity contribution in [3.8, 4) is 11.8 Å². The minimum absolute atomic E-state index is 0.323. The lowest BCUT2D eigenvalue weighted by Gasteiger charge is -2.19. The number of esters is 1. The lowest BCUT2D eigenvalue weighted by Crippen LogP contribution is -2.23. The minimum Gasteiger partial charge on any atom is -0.456 e. The third-order valence-corrected chi connectivity index (χ3v) is 1.85. The van der Waals surface area contributed by atoms with Crippen LogP contribution in [-0.2, 0) is 4.74 Å². The number of rotatable bonds is 1. The van der Waals surface area contributed by atoms with Crippen LogP contribution in [0.2, 0.25) is 0 Å². The molecule has 0 saturated heterocycles. The maximum absolute atomic E-state index is 11.7. The Labute approximate surface area is 102 Å². The summed E-state index contributed by atoms with van der Waals surface area (Å²) in [5.41, 5.74) is 6.16. The van der Waals surface area contributed by atoms with E-state index in [1.54, 1.807) is 24.3 Å². The molecule has 0 bridgehead atoms. The van der Waals surface area contributed by atoms with Crippen LogP contribution in [0.15, 0.2) is 24.3 Å². The molecule has 3 nitrogen and oxygen atoms in total. The molecule has 0 aliphatic carbocycles. The third kappa shape index (κ3) is 4.71. The molecular weight excluding hydrogens is 214 g/mol. The van der Waals surface area contributed by atoms with Crippen LogP contribution in [0.5, 0.6) is 0 Å². The Hall–Kier alpha value is -1.79. The summed E-state index contributed by atoms with van der Waals surface area (Å²) in [6.07, 6.45) is 0. The Morgan fingerprint density at radius 1 is 1.29 bits per heavy atom. The van der Waals surface area contributed by atoms with E-state index in [-0.39, 0.29) is 5.97 Å². The van der Waals surface area contributed by atoms with Crippen molar-refractivity contribution in [2.45, 2.75) is 26.4 Å². The number of hydrogen-bond donors (Lipinski definition) is 1. The van der Waals surface area contributed by atoms with Crippen LogP contribution in [0, 0.1) is 11.8 Å². The SMILES string of the molecule is CC(C)(C)OC(=O)c1ccc(C#CCN)cc1. The second-order valence-corrected chi connectivity index (χ2v) is 4.59. The first kappa shape index (κ1) is 13.3. The van der Waals surface area contributed by atoms with Crippen LogP contribution in [0.3, 0.4) is 0 Å². The van der Waals surface area contributed by atoms with E-state index in [4.69, 9.17) is 10.5 Å². The maximum Gasteiger partial charge on any atom is 0.338 e. The fraction of sp³-hybridized carbons (Fsp3) is 0.357. The summed E-state index contributed by atoms with van der Waals surface area (Å²) >= 11 is 0. The van der Waals surface area contributed by atoms with Crippen molar-refractivity contribution < 1.29 is 9.53 Å². The van der Waals surface area contributed by atoms with E-state index in [2.05, 4.69) is 11.8 Å². The molecule has 0 unspecified atom stereocenters. The molecule has 0 aromatic heterocycles. The van der Waals surface area contributed by atoms with Crippen LogP contribution in [0.4, 0.5) is 0 Å². The van der Waals surface area contributed by atoms with E-state index in [0.717, 1.165) is 5.56 Å². The average molecular weight is 231 g/mol. The predicted octanol–water partition coefficient (Wildman–Crippen LogP) is 1.95. The summed E-state index contributed by atoms with van der Waals surface area (Å²) in [7, 11) is 0. The van der Waals surface area contributed by atoms with Gasteiger partial charge in [-0.1, -0.05) is 11.8 Å². The molecule has 90 valence electrons. The van der Waals surface area contributed by atoms with Crippen molar-refractivity contribution in [3.63, 3.8) is 0 Å². The molecule has 0 aliphatic heterocycles. The highest BCUT2D eigenvalue weighted by Gasteiger charge is 2.17. The van der Waals surface area contributed by atoms with E-state index in [1.165, 1.54) is 0 Å². The monoisotopic (exact) mass is 231 g/mol. The van der Waals surface area contributed by atoms with Gasteiger partial charge in [-0.3, -0.25) is 0 Å². The van der Waals surface area contributed by atoms with Gasteiger partial charge in [-0.25, -0.2) is 4.79 Å². The van der Waals surface area contributed by atoms with Crippen molar-refractivity contribution in [2.75, 3.05) is 6.54 Å². The molecular formula is C14H17NO2. The zero-order chi connectivity index (χ0) is 12.9. The first-order valence-electron chi connectivity index (χ1n) is 5.45. The summed E-state index contributed by atoms with van der Waals surface area (Å²) in [5, 5.41) is 0. The van der Waals surface area contributed by atoms with Crippen molar-refractivity contribution >= 4 is 5.97 Å². The molecule has 0 fully saturated rings. The summed E-state index contributed by atoms with van der Waals surface area (Å²) in [6.45, 7) is 5.85. The smallest absolute Gasteiger partial charge is 0.338 e. The van der Waals surface area contributed by atoms with Crippen molar-refractivity contribution in [1.29, 1.82) is 0 Å². The van der Waals surface area contributed by atoms with Crippen molar-refractivity contribution in [3.05, 3.63) is 35.4 Å². The molecule has 1 aromatic rings. The Balaban J connectivity index is 2.77. The fourth-order valence-electron chi connectivity index (χ4n) is 1.18. The molecule has 1 aromatic carbocycles. The van der Waals surface area contributed by atoms with Crippen LogP contribution < -0.4 is 5.73 Å². The van der Waals surface area contributed by atoms with Gasteiger partial charge in [0.15, 0.2) is 0 Å². The van der Waals surface area contributed by atoms with Crippen LogP contribution in [-0.4, -0.2) is 18.1 Å². The van der Waals surface area contributed by atoms with Gasteiger partial charge in [-0.2, -0.15) is 0 Å². The average Bonchev–Trinajstić information content (AvgIpc) is 2.24. The molecule has 1 rings (SSSR count). The summed E-state index contributed by atoms with van der Waals surface area (Å²) in [4.78, 5) is 11.7. The summed E-state index contributed by atoms with van der Waals surface area (Å²) in [6, 6.07) is 6.97. The van der Waals surface area contributed by atoms with E-state index < -0.39 is 5.60 Å². The molecule has 0 saturated carbocycles. The van der Waals surface area contributed by atoms with Gasteiger partial charge in [0, 0.05) is 5.56 Å². The largest absolute Gasteiger partial charge is 0.456 e. The second kappa shape index (κ2) is 5.51. The first-order chi connectivity index (χ1) is 7.92. The van der Waals surface area contributed by atoms with E-state index in [0.29, 0.717) is 12.1 Å². The Bertz CT molecular complexity index is 444. The van der Waals surface area contributed by atoms with Gasteiger partial charge in [0.05, 0.1) is 12.1 Å². The first-order valence-corrected chi connectivity index (χ1v) is 5.45. The lowest BCUT2D eigenvalue weighted by molar-refractivity contribution is 0.00696. The second-order valence-electron chi connectivity index (χ2n) is 4.59. The number of nitrogens with two attached hydrogens (primary N) is 1. The normalized spacial score (nSPS) is 10.4. The fourth-order valence-corrected chi connectivity index (χ4v) is 1.18. The van der Waals surface area contributed by atoms with Gasteiger partial charge in [-0.05, 0) is 45.0 Å². The highest BCUT2D eigenvalue weighted by molar-refractivity contribution is 5.89. The summed E-state index contributed by atoms with van der Waals surface area (Å²) in [5.74, 6) is 5.32. The molecule has 0 radical (unpaired) electrons. The third-order valence-electron chi connectivity index (χ3n) is 1.85. The Morgan fingerprint density at radius 3 is 2.35 bits per heavy atom. The van der Waals surface area contributed by atoms with Crippen LogP contribution in [0.25, 0.3) is 0 Å². The quantitative estimate of drug-likeness (QED) is 0.593. The molecule has 0 heterocycles. The topological polar surface area (TPSA) is 52.3 Å². The molecule has 3 heteroatoms. The maximum atomic E-state index is 11.7. The number of carbonyl (C=O) groups is 1. The van der Waals surface area contributed by atoms with Crippen LogP contribution in [0.1, 0.15) is 36.7 Å². The predicted molar refractivity (Wildman–Crippen MR) is 67.5 cm³/mol. The van der Waals surface area contributed by atoms with Gasteiger partial charge >= 0.3 is 5.97 Å². The standard InChI is InChI=1S/C14H17NO2/c1-14(2,3)17-13(16)12-8-6-11(7-9-12)5-4-10-15/h6-9H,10,15H2,1-3H3. The Kier molecular flexibility index (Phi) is 4.30. The van der Waals surface area contributed by atoms with Crippen LogP contribution >= 0.6 is 0 Å². The summed E-state index contributed by atoms with van der Waals surface area (Å²) < 4.78 is 5.25. The minimum atomic E-state index is -0.477. The number of ether oxygens (including phenoxy) is 1. The molecule has 2 N–H and O–H groups in total. The van der Waals surface area contributed by atoms with Gasteiger partial charge in [0.1, 0.15) is 5.60 Å². The molecule has 0 amide bonds. The number of hydrogen-bond acceptors (Lipinski definition) is 3. The van der Waals surface area contributed by atoms with E-state index in [9.17, 15) is 4.79 Å². The molecule has 0 atom stereocenters. The molecule has 17 heavy (non-hydrogen) atoms. The number of benzene rings is 1. The van der Waals surface area contributed by atoms with Gasteiger partial charge in [0.2, 0.25) is 0 Å². The Morgan fingerprint density at radius 2 is 1.88 bits per heavy atom. The van der Waals surface area contributed by atoms with Crippen molar-refractivity contribution in [1.82, 2.24) is 0 Å². The lowest BCUT2D eigenvalue weighted by atomic mass is 10.1. The van der Waals surface area contributed by atoms with Crippen molar-refractivity contribution in [2.24, 2.45) is 5.73 Å². The van der Waals surface area contributed by atoms with Gasteiger partial charge < -0.3 is 10.5 Å². The van der Waals surface area contributed by atoms with E-state index in [1.807, 2.05) is 20.8 Å². The van der Waals surface area contributed by atoms with Gasteiger partial charge in [0.25, 0.3) is 0 Å². The zero-order valence-corrected chi connectivity index (χ0v) is 10.4. The van der Waals surface area contributed by atoms with E-state index >= 15 is 0 Å². The van der Waals surface area contributed by atoms with Gasteiger partial charge in [-0.15, -0.1) is 0 Å². The molecule has 0 aliphatic rings. The molecule has 0 spiro atoms. The highest BCUT2D eigenvalue weighted by atomic mass is 16.6. The zero-order valence-electron chi connectivity index (χ0n) is 10.4. The number of carbonyl (C=O) groups excluding carboxylic acids is 1.